The van der Waals surface area contributed by atoms with Gasteiger partial charge in [-0.2, -0.15) is 0 Å². The average Bonchev–Trinajstić information content (AvgIpc) is 2.78. The minimum atomic E-state index is -0.441. The number of carbonyl (C=O) groups excluding carboxylic acids is 1. The lowest BCUT2D eigenvalue weighted by Crippen LogP contribution is -1.96. The van der Waals surface area contributed by atoms with Gasteiger partial charge in [0.2, 0.25) is 0 Å². The van der Waals surface area contributed by atoms with Crippen LogP contribution in [0.5, 0.6) is 23.0 Å². The molecule has 0 saturated heterocycles. The normalized spacial score (nSPS) is 11.5. The number of ether oxygens (including phenoxy) is 2. The van der Waals surface area contributed by atoms with Gasteiger partial charge in [0.15, 0.2) is 5.78 Å². The number of hydrogen-bond donors (Lipinski definition) is 2. The first kappa shape index (κ1) is 20.7. The van der Waals surface area contributed by atoms with Gasteiger partial charge in [-0.25, -0.2) is 0 Å². The van der Waals surface area contributed by atoms with E-state index in [0.717, 1.165) is 11.1 Å². The Kier molecular flexibility index (Phi) is 6.55. The van der Waals surface area contributed by atoms with Crippen molar-refractivity contribution in [2.45, 2.75) is 0 Å². The zero-order chi connectivity index (χ0) is 21.5. The lowest BCUT2D eigenvalue weighted by Gasteiger charge is -2.11. The zero-order valence-electron chi connectivity index (χ0n) is 16.7. The van der Waals surface area contributed by atoms with E-state index in [1.807, 2.05) is 54.6 Å². The standard InChI is InChI=1S/C25H22O5/c1-29-24-9-5-3-7-18(24)15-17(20-8-4-6-10-25(20)30-2)11-13-22(27)21-16-19(26)12-14-23(21)28/h3-16,26,28H,1-2H3/b13-11+,17-15+. The number of ketones is 1. The van der Waals surface area contributed by atoms with Crippen LogP contribution in [0, 0.1) is 0 Å². The van der Waals surface area contributed by atoms with Crippen molar-refractivity contribution in [1.29, 1.82) is 0 Å². The molecule has 0 aliphatic heterocycles. The molecular formula is C25H22O5. The molecule has 0 saturated carbocycles. The van der Waals surface area contributed by atoms with Crippen molar-refractivity contribution in [3.05, 3.63) is 95.6 Å². The molecule has 0 radical (unpaired) electrons. The largest absolute Gasteiger partial charge is 0.508 e. The van der Waals surface area contributed by atoms with Crippen molar-refractivity contribution in [3.63, 3.8) is 0 Å². The molecule has 30 heavy (non-hydrogen) atoms. The maximum atomic E-state index is 12.6. The number of allylic oxidation sites excluding steroid dienone is 3. The van der Waals surface area contributed by atoms with Gasteiger partial charge in [0, 0.05) is 11.1 Å². The van der Waals surface area contributed by atoms with Gasteiger partial charge in [-0.05, 0) is 48.1 Å². The zero-order valence-corrected chi connectivity index (χ0v) is 16.7. The second kappa shape index (κ2) is 9.47. The fourth-order valence-corrected chi connectivity index (χ4v) is 3.03. The van der Waals surface area contributed by atoms with Crippen molar-refractivity contribution < 1.29 is 24.5 Å². The quantitative estimate of drug-likeness (QED) is 0.189. The van der Waals surface area contributed by atoms with E-state index < -0.39 is 5.78 Å². The van der Waals surface area contributed by atoms with E-state index in [1.54, 1.807) is 20.3 Å². The van der Waals surface area contributed by atoms with Gasteiger partial charge >= 0.3 is 0 Å². The second-order valence-electron chi connectivity index (χ2n) is 6.44. The molecule has 0 atom stereocenters. The summed E-state index contributed by atoms with van der Waals surface area (Å²) in [5, 5.41) is 19.6. The van der Waals surface area contributed by atoms with Crippen LogP contribution in [0.4, 0.5) is 0 Å². The van der Waals surface area contributed by atoms with Crippen LogP contribution in [0.3, 0.4) is 0 Å². The minimum absolute atomic E-state index is 0.0166. The number of phenolic OH excluding ortho intramolecular Hbond substituents is 2. The molecular weight excluding hydrogens is 380 g/mol. The van der Waals surface area contributed by atoms with Gasteiger partial charge in [-0.3, -0.25) is 4.79 Å². The lowest BCUT2D eigenvalue weighted by molar-refractivity contribution is 0.104. The SMILES string of the molecule is COc1ccccc1/C=C(\C=C\C(=O)c1cc(O)ccc1O)c1ccccc1OC. The fourth-order valence-electron chi connectivity index (χ4n) is 3.03. The summed E-state index contributed by atoms with van der Waals surface area (Å²) in [5.74, 6) is 0.601. The molecule has 3 aromatic rings. The third-order valence-electron chi connectivity index (χ3n) is 4.53. The van der Waals surface area contributed by atoms with Gasteiger partial charge in [0.1, 0.15) is 23.0 Å². The Morgan fingerprint density at radius 1 is 0.800 bits per heavy atom. The molecule has 0 aliphatic carbocycles. The van der Waals surface area contributed by atoms with E-state index in [1.165, 1.54) is 24.3 Å². The maximum Gasteiger partial charge on any atom is 0.189 e. The monoisotopic (exact) mass is 402 g/mol. The van der Waals surface area contributed by atoms with Crippen molar-refractivity contribution in [3.8, 4) is 23.0 Å². The van der Waals surface area contributed by atoms with E-state index in [0.29, 0.717) is 17.1 Å². The van der Waals surface area contributed by atoms with Crippen LogP contribution in [-0.4, -0.2) is 30.2 Å². The van der Waals surface area contributed by atoms with Crippen molar-refractivity contribution >= 4 is 17.4 Å². The van der Waals surface area contributed by atoms with Crippen molar-refractivity contribution in [2.75, 3.05) is 14.2 Å². The third-order valence-corrected chi connectivity index (χ3v) is 4.53. The smallest absolute Gasteiger partial charge is 0.189 e. The molecule has 5 nitrogen and oxygen atoms in total. The number of carbonyl (C=O) groups is 1. The lowest BCUT2D eigenvalue weighted by atomic mass is 9.99. The molecule has 0 heterocycles. The predicted molar refractivity (Wildman–Crippen MR) is 117 cm³/mol. The summed E-state index contributed by atoms with van der Waals surface area (Å²) in [4.78, 5) is 12.6. The van der Waals surface area contributed by atoms with E-state index in [-0.39, 0.29) is 17.1 Å². The van der Waals surface area contributed by atoms with E-state index >= 15 is 0 Å². The van der Waals surface area contributed by atoms with Crippen LogP contribution in [0.2, 0.25) is 0 Å². The number of methoxy groups -OCH3 is 2. The maximum absolute atomic E-state index is 12.6. The molecule has 0 bridgehead atoms. The van der Waals surface area contributed by atoms with Crippen LogP contribution in [0.1, 0.15) is 21.5 Å². The predicted octanol–water partition coefficient (Wildman–Crippen LogP) is 5.09. The van der Waals surface area contributed by atoms with E-state index in [4.69, 9.17) is 9.47 Å². The van der Waals surface area contributed by atoms with Crippen LogP contribution in [-0.2, 0) is 0 Å². The van der Waals surface area contributed by atoms with Gasteiger partial charge in [0.05, 0.1) is 19.8 Å². The Morgan fingerprint density at radius 2 is 1.47 bits per heavy atom. The summed E-state index contributed by atoms with van der Waals surface area (Å²) in [6, 6.07) is 18.8. The Balaban J connectivity index is 2.08. The molecule has 3 rings (SSSR count). The highest BCUT2D eigenvalue weighted by molar-refractivity contribution is 6.08. The van der Waals surface area contributed by atoms with Crippen LogP contribution < -0.4 is 9.47 Å². The number of phenols is 2. The molecule has 0 spiro atoms. The molecule has 0 aliphatic rings. The molecule has 0 amide bonds. The summed E-state index contributed by atoms with van der Waals surface area (Å²) < 4.78 is 10.9. The molecule has 152 valence electrons. The fraction of sp³-hybridized carbons (Fsp3) is 0.0800. The van der Waals surface area contributed by atoms with Crippen LogP contribution in [0.25, 0.3) is 11.6 Å². The Labute approximate surface area is 175 Å². The minimum Gasteiger partial charge on any atom is -0.508 e. The van der Waals surface area contributed by atoms with E-state index in [9.17, 15) is 15.0 Å². The highest BCUT2D eigenvalue weighted by Crippen LogP contribution is 2.31. The summed E-state index contributed by atoms with van der Waals surface area (Å²) in [7, 11) is 3.18. The number of para-hydroxylation sites is 2. The molecule has 2 N–H and O–H groups in total. The summed E-state index contributed by atoms with van der Waals surface area (Å²) >= 11 is 0. The molecule has 0 unspecified atom stereocenters. The van der Waals surface area contributed by atoms with Crippen molar-refractivity contribution in [1.82, 2.24) is 0 Å². The summed E-state index contributed by atoms with van der Waals surface area (Å²) in [6.45, 7) is 0. The van der Waals surface area contributed by atoms with E-state index in [2.05, 4.69) is 0 Å². The highest BCUT2D eigenvalue weighted by atomic mass is 16.5. The van der Waals surface area contributed by atoms with Crippen LogP contribution in [0.15, 0.2) is 78.9 Å². The molecule has 5 heteroatoms. The molecule has 0 fully saturated rings. The van der Waals surface area contributed by atoms with Gasteiger partial charge < -0.3 is 19.7 Å². The number of aromatic hydroxyl groups is 2. The van der Waals surface area contributed by atoms with Gasteiger partial charge in [-0.1, -0.05) is 42.5 Å². The molecule has 0 aromatic heterocycles. The highest BCUT2D eigenvalue weighted by Gasteiger charge is 2.12. The number of rotatable bonds is 7. The summed E-state index contributed by atoms with van der Waals surface area (Å²) in [6.07, 6.45) is 4.89. The topological polar surface area (TPSA) is 76.0 Å². The summed E-state index contributed by atoms with van der Waals surface area (Å²) in [5.41, 5.74) is 2.35. The van der Waals surface area contributed by atoms with Gasteiger partial charge in [-0.15, -0.1) is 0 Å². The molecule has 3 aromatic carbocycles. The number of benzene rings is 3. The Morgan fingerprint density at radius 3 is 2.20 bits per heavy atom. The third kappa shape index (κ3) is 4.70. The first-order valence-corrected chi connectivity index (χ1v) is 9.26. The van der Waals surface area contributed by atoms with Gasteiger partial charge in [0.25, 0.3) is 0 Å². The first-order valence-electron chi connectivity index (χ1n) is 9.26. The average molecular weight is 402 g/mol. The van der Waals surface area contributed by atoms with Crippen LogP contribution >= 0.6 is 0 Å². The first-order chi connectivity index (χ1) is 14.5. The Bertz CT molecular complexity index is 1110. The Hall–Kier alpha value is -3.99. The number of hydrogen-bond acceptors (Lipinski definition) is 5. The second-order valence-corrected chi connectivity index (χ2v) is 6.44. The van der Waals surface area contributed by atoms with Crippen molar-refractivity contribution in [2.24, 2.45) is 0 Å².